The molecule has 23 heavy (non-hydrogen) atoms. The molecule has 5 nitrogen and oxygen atoms in total. The third-order valence-electron chi connectivity index (χ3n) is 3.71. The van der Waals surface area contributed by atoms with Gasteiger partial charge in [0, 0.05) is 28.4 Å². The molecular weight excluding hydrogens is 334 g/mol. The van der Waals surface area contributed by atoms with Crippen LogP contribution in [-0.2, 0) is 9.53 Å². The minimum atomic E-state index is -0.412. The number of nitrogens with one attached hydrogen (secondary N) is 2. The Labute approximate surface area is 142 Å². The van der Waals surface area contributed by atoms with E-state index in [0.717, 1.165) is 16.1 Å². The Morgan fingerprint density at radius 3 is 2.83 bits per heavy atom. The first kappa shape index (κ1) is 15.7. The molecule has 0 fully saturated rings. The van der Waals surface area contributed by atoms with Gasteiger partial charge in [0.15, 0.2) is 0 Å². The number of aromatic nitrogens is 1. The van der Waals surface area contributed by atoms with Crippen molar-refractivity contribution < 1.29 is 9.53 Å². The Hall–Kier alpha value is -2.18. The zero-order chi connectivity index (χ0) is 16.6. The Bertz CT molecular complexity index is 876. The summed E-state index contributed by atoms with van der Waals surface area (Å²) >= 11 is 7.59. The maximum atomic E-state index is 12.3. The van der Waals surface area contributed by atoms with Crippen LogP contribution in [0.5, 0.6) is 0 Å². The van der Waals surface area contributed by atoms with Gasteiger partial charge in [0.05, 0.1) is 12.7 Å². The van der Waals surface area contributed by atoms with Crippen LogP contribution in [0.25, 0.3) is 0 Å². The highest BCUT2D eigenvalue weighted by Gasteiger charge is 2.34. The van der Waals surface area contributed by atoms with E-state index in [9.17, 15) is 4.79 Å². The van der Waals surface area contributed by atoms with E-state index >= 15 is 0 Å². The van der Waals surface area contributed by atoms with Gasteiger partial charge in [0.1, 0.15) is 5.00 Å². The number of allylic oxidation sites excluding steroid dienone is 1. The van der Waals surface area contributed by atoms with Gasteiger partial charge in [-0.2, -0.15) is 0 Å². The van der Waals surface area contributed by atoms with Crippen molar-refractivity contribution in [3.63, 3.8) is 0 Å². The molecule has 118 valence electrons. The molecule has 1 aromatic heterocycles. The highest BCUT2D eigenvalue weighted by atomic mass is 35.5. The average molecular weight is 348 g/mol. The fourth-order valence-corrected chi connectivity index (χ4v) is 3.73. The zero-order valence-corrected chi connectivity index (χ0v) is 14.1. The topological polar surface area (TPSA) is 75.1 Å². The van der Waals surface area contributed by atoms with Crippen molar-refractivity contribution in [3.05, 3.63) is 62.7 Å². The van der Waals surface area contributed by atoms with Gasteiger partial charge in [-0.25, -0.2) is 9.78 Å². The van der Waals surface area contributed by atoms with E-state index in [1.165, 1.54) is 18.4 Å². The Morgan fingerprint density at radius 1 is 1.39 bits per heavy atom. The summed E-state index contributed by atoms with van der Waals surface area (Å²) in [7, 11) is 1.36. The lowest BCUT2D eigenvalue weighted by atomic mass is 9.83. The lowest BCUT2D eigenvalue weighted by Crippen LogP contribution is -2.24. The Kier molecular flexibility index (Phi) is 4.19. The number of anilines is 1. The zero-order valence-electron chi connectivity index (χ0n) is 12.5. The number of hydrogen-bond donors (Lipinski definition) is 2. The molecule has 7 heteroatoms. The second-order valence-electron chi connectivity index (χ2n) is 5.06. The van der Waals surface area contributed by atoms with Crippen LogP contribution in [0, 0.1) is 5.41 Å². The maximum Gasteiger partial charge on any atom is 0.336 e. The van der Waals surface area contributed by atoms with Gasteiger partial charge in [-0.3, -0.25) is 5.41 Å². The van der Waals surface area contributed by atoms with Gasteiger partial charge >= 0.3 is 5.97 Å². The highest BCUT2D eigenvalue weighted by molar-refractivity contribution is 7.13. The quantitative estimate of drug-likeness (QED) is 0.817. The summed E-state index contributed by atoms with van der Waals surface area (Å²) in [5.74, 6) is -0.790. The molecule has 0 radical (unpaired) electrons. The molecule has 0 spiro atoms. The van der Waals surface area contributed by atoms with Gasteiger partial charge < -0.3 is 10.1 Å². The van der Waals surface area contributed by atoms with Crippen LogP contribution in [0.2, 0.25) is 5.02 Å². The summed E-state index contributed by atoms with van der Waals surface area (Å²) in [6.45, 7) is 1.82. The molecule has 1 atom stereocenters. The van der Waals surface area contributed by atoms with Crippen molar-refractivity contribution in [2.45, 2.75) is 12.8 Å². The van der Waals surface area contributed by atoms with E-state index in [1.54, 1.807) is 12.3 Å². The molecule has 1 aliphatic heterocycles. The minimum Gasteiger partial charge on any atom is -0.466 e. The average Bonchev–Trinajstić information content (AvgIpc) is 2.53. The molecule has 0 bridgehead atoms. The Morgan fingerprint density at radius 2 is 2.13 bits per heavy atom. The van der Waals surface area contributed by atoms with Crippen LogP contribution in [-0.4, -0.2) is 18.1 Å². The number of hydrogen-bond acceptors (Lipinski definition) is 6. The van der Waals surface area contributed by atoms with Crippen LogP contribution in [0.4, 0.5) is 5.00 Å². The molecule has 0 saturated carbocycles. The molecule has 1 aromatic carbocycles. The van der Waals surface area contributed by atoms with Crippen molar-refractivity contribution in [2.24, 2.45) is 0 Å². The number of rotatable bonds is 2. The highest BCUT2D eigenvalue weighted by Crippen LogP contribution is 2.44. The number of carbonyl (C=O) groups is 1. The van der Waals surface area contributed by atoms with Gasteiger partial charge in [-0.05, 0) is 18.6 Å². The summed E-state index contributed by atoms with van der Waals surface area (Å²) in [6.07, 6.45) is 1.62. The van der Waals surface area contributed by atoms with Crippen molar-refractivity contribution in [3.8, 4) is 0 Å². The van der Waals surface area contributed by atoms with Crippen molar-refractivity contribution in [2.75, 3.05) is 12.4 Å². The standard InChI is InChI=1S/C16H14ClN3O2S/c1-8-12(15(21)22-2)13(9-5-3-4-6-11(9)17)10-7-19-16(18)23-14(10)20-8/h3-7,13,18,20H,1-2H3. The molecular formula is C16H14ClN3O2S. The normalized spacial score (nSPS) is 16.6. The Balaban J connectivity index is 2.29. The maximum absolute atomic E-state index is 12.3. The summed E-state index contributed by atoms with van der Waals surface area (Å²) in [5, 5.41) is 12.3. The smallest absolute Gasteiger partial charge is 0.336 e. The van der Waals surface area contributed by atoms with Gasteiger partial charge in [-0.15, -0.1) is 0 Å². The van der Waals surface area contributed by atoms with Crippen molar-refractivity contribution in [1.29, 1.82) is 5.41 Å². The van der Waals surface area contributed by atoms with E-state index < -0.39 is 5.97 Å². The first-order valence-electron chi connectivity index (χ1n) is 6.88. The number of esters is 1. The first-order chi connectivity index (χ1) is 11.0. The number of carbonyl (C=O) groups excluding carboxylic acids is 1. The van der Waals surface area contributed by atoms with Crippen molar-refractivity contribution in [1.82, 2.24) is 4.98 Å². The summed E-state index contributed by atoms with van der Waals surface area (Å²) < 4.78 is 4.96. The van der Waals surface area contributed by atoms with E-state index in [0.29, 0.717) is 16.3 Å². The van der Waals surface area contributed by atoms with Crippen LogP contribution in [0.15, 0.2) is 41.7 Å². The summed E-state index contributed by atoms with van der Waals surface area (Å²) in [6, 6.07) is 7.40. The third-order valence-corrected chi connectivity index (χ3v) is 4.89. The predicted octanol–water partition coefficient (Wildman–Crippen LogP) is 3.28. The molecule has 0 saturated heterocycles. The molecule has 1 aliphatic rings. The molecule has 0 aliphatic carbocycles. The molecule has 3 rings (SSSR count). The van der Waals surface area contributed by atoms with Crippen LogP contribution < -0.4 is 10.1 Å². The first-order valence-corrected chi connectivity index (χ1v) is 8.07. The van der Waals surface area contributed by atoms with E-state index in [2.05, 4.69) is 10.3 Å². The molecule has 2 aromatic rings. The second kappa shape index (κ2) is 6.14. The van der Waals surface area contributed by atoms with Gasteiger partial charge in [-0.1, -0.05) is 41.1 Å². The fourth-order valence-electron chi connectivity index (χ4n) is 2.69. The molecule has 2 N–H and O–H groups in total. The largest absolute Gasteiger partial charge is 0.466 e. The lowest BCUT2D eigenvalue weighted by molar-refractivity contribution is -0.136. The van der Waals surface area contributed by atoms with Gasteiger partial charge in [0.25, 0.3) is 0 Å². The molecule has 2 heterocycles. The SMILES string of the molecule is COC(=O)C1=C(C)Nc2sc(=N)ncc2C1c1ccccc1Cl. The molecule has 1 unspecified atom stereocenters. The monoisotopic (exact) mass is 347 g/mol. The second-order valence-corrected chi connectivity index (χ2v) is 6.47. The lowest BCUT2D eigenvalue weighted by Gasteiger charge is -2.29. The van der Waals surface area contributed by atoms with Gasteiger partial charge in [0.2, 0.25) is 4.80 Å². The van der Waals surface area contributed by atoms with Crippen LogP contribution in [0.3, 0.4) is 0 Å². The summed E-state index contributed by atoms with van der Waals surface area (Å²) in [4.78, 5) is 16.6. The van der Waals surface area contributed by atoms with E-state index in [-0.39, 0.29) is 10.7 Å². The predicted molar refractivity (Wildman–Crippen MR) is 89.6 cm³/mol. The third kappa shape index (κ3) is 2.75. The number of ether oxygens (including phenoxy) is 1. The number of nitrogens with zero attached hydrogens (tertiary/aromatic N) is 1. The fraction of sp³-hybridized carbons (Fsp3) is 0.188. The number of halogens is 1. The summed E-state index contributed by atoms with van der Waals surface area (Å²) in [5.41, 5.74) is 2.81. The number of fused-ring (bicyclic) bond motifs is 1. The molecule has 0 amide bonds. The minimum absolute atomic E-state index is 0.198. The van der Waals surface area contributed by atoms with Crippen LogP contribution >= 0.6 is 22.9 Å². The number of benzene rings is 1. The van der Waals surface area contributed by atoms with E-state index in [4.69, 9.17) is 21.7 Å². The number of methoxy groups -OCH3 is 1. The van der Waals surface area contributed by atoms with E-state index in [1.807, 2.05) is 25.1 Å². The van der Waals surface area contributed by atoms with Crippen LogP contribution in [0.1, 0.15) is 24.0 Å². The van der Waals surface area contributed by atoms with Crippen molar-refractivity contribution >= 4 is 33.9 Å².